The molecule has 1 aliphatic rings. The number of aromatic nitrogens is 1. The van der Waals surface area contributed by atoms with Gasteiger partial charge < -0.3 is 31.8 Å². The van der Waals surface area contributed by atoms with Crippen LogP contribution in [0.15, 0.2) is 46.9 Å². The molecule has 8 heteroatoms. The third kappa shape index (κ3) is 13.3. The predicted molar refractivity (Wildman–Crippen MR) is 172 cm³/mol. The van der Waals surface area contributed by atoms with E-state index in [9.17, 15) is 9.59 Å². The number of nitrogens with zero attached hydrogens (tertiary/aromatic N) is 1. The van der Waals surface area contributed by atoms with Crippen molar-refractivity contribution in [3.63, 3.8) is 0 Å². The van der Waals surface area contributed by atoms with E-state index in [4.69, 9.17) is 9.47 Å². The number of dihydropyridines is 1. The zero-order valence-electron chi connectivity index (χ0n) is 26.8. The number of allylic oxidation sites excluding steroid dienone is 2. The number of nitrogens with one attached hydrogen (secondary N) is 1. The predicted octanol–water partition coefficient (Wildman–Crippen LogP) is 5.40. The minimum Gasteiger partial charge on any atom is -1.00 e. The van der Waals surface area contributed by atoms with Crippen LogP contribution < -0.4 is 26.9 Å². The van der Waals surface area contributed by atoms with Gasteiger partial charge in [0.25, 0.3) is 0 Å². The molecule has 0 fully saturated rings. The fourth-order valence-electron chi connectivity index (χ4n) is 5.68. The highest BCUT2D eigenvalue weighted by Crippen LogP contribution is 2.38. The van der Waals surface area contributed by atoms with Crippen molar-refractivity contribution >= 4 is 28.9 Å². The van der Waals surface area contributed by atoms with Crippen LogP contribution in [-0.4, -0.2) is 25.2 Å². The summed E-state index contributed by atoms with van der Waals surface area (Å²) in [4.78, 5) is 26.3. The summed E-state index contributed by atoms with van der Waals surface area (Å²) < 4.78 is 13.1. The summed E-state index contributed by atoms with van der Waals surface area (Å²) in [5.41, 5.74) is 3.26. The summed E-state index contributed by atoms with van der Waals surface area (Å²) in [5, 5.41) is 3.22. The third-order valence-corrected chi connectivity index (χ3v) is 7.78. The number of hydrogen-bond acceptors (Lipinski definition) is 5. The first kappa shape index (κ1) is 40.3. The molecule has 0 unspecified atom stereocenters. The van der Waals surface area contributed by atoms with Crippen LogP contribution >= 0.6 is 17.0 Å². The van der Waals surface area contributed by atoms with Gasteiger partial charge in [-0.3, -0.25) is 0 Å². The van der Waals surface area contributed by atoms with Crippen molar-refractivity contribution in [2.45, 2.75) is 137 Å². The standard InChI is InChI=1S/C34H54N2O4.2BrH/c1-6-9-10-11-12-13-14-15-16-17-18-19-20-22-25-36-26-23-21-24-29(36)32-30(33(37)39-7-2)27(4)35-28(5)31(32)34(38)40-8-3;;/h21,23-24,26,32H,6-20,22,25H2,1-5H3;2*1H. The number of carbonyl (C=O) groups is 2. The van der Waals surface area contributed by atoms with Gasteiger partial charge in [0.05, 0.1) is 24.4 Å². The SMILES string of the molecule is Br.CCCCCCCCCCCCCCCC[n+]1ccccc1C1C(C(=O)OCC)=C(C)NC(C)=C1C(=O)OCC.[Br-]. The lowest BCUT2D eigenvalue weighted by Gasteiger charge is -2.28. The fraction of sp³-hybridized carbons (Fsp3) is 0.676. The van der Waals surface area contributed by atoms with Crippen LogP contribution in [0.2, 0.25) is 0 Å². The number of aryl methyl sites for hydroxylation is 1. The highest BCUT2D eigenvalue weighted by molar-refractivity contribution is 8.93. The Morgan fingerprint density at radius 1 is 0.714 bits per heavy atom. The number of carbonyl (C=O) groups excluding carboxylic acids is 2. The summed E-state index contributed by atoms with van der Waals surface area (Å²) in [6, 6.07) is 5.99. The molecule has 0 bridgehead atoms. The topological polar surface area (TPSA) is 68.5 Å². The van der Waals surface area contributed by atoms with Gasteiger partial charge in [0.2, 0.25) is 0 Å². The number of pyridine rings is 1. The molecule has 1 N–H and O–H groups in total. The molecule has 0 spiro atoms. The van der Waals surface area contributed by atoms with E-state index in [2.05, 4.69) is 23.0 Å². The van der Waals surface area contributed by atoms with Gasteiger partial charge in [0, 0.05) is 29.9 Å². The van der Waals surface area contributed by atoms with Crippen molar-refractivity contribution in [2.75, 3.05) is 13.2 Å². The third-order valence-electron chi connectivity index (χ3n) is 7.78. The number of esters is 2. The van der Waals surface area contributed by atoms with Crippen LogP contribution in [0.4, 0.5) is 0 Å². The molecule has 1 aromatic heterocycles. The quantitative estimate of drug-likeness (QED) is 0.111. The summed E-state index contributed by atoms with van der Waals surface area (Å²) in [6.45, 7) is 11.0. The Hall–Kier alpha value is -1.67. The first-order chi connectivity index (χ1) is 19.5. The van der Waals surface area contributed by atoms with Crippen molar-refractivity contribution in [2.24, 2.45) is 0 Å². The van der Waals surface area contributed by atoms with E-state index in [1.54, 1.807) is 13.8 Å². The van der Waals surface area contributed by atoms with E-state index >= 15 is 0 Å². The van der Waals surface area contributed by atoms with Gasteiger partial charge in [0.1, 0.15) is 12.5 Å². The maximum Gasteiger partial charge on any atom is 0.336 e. The number of ether oxygens (including phenoxy) is 2. The molecule has 0 saturated heterocycles. The molecule has 42 heavy (non-hydrogen) atoms. The van der Waals surface area contributed by atoms with Crippen molar-refractivity contribution in [3.8, 4) is 0 Å². The Kier molecular flexibility index (Phi) is 22.8. The van der Waals surface area contributed by atoms with Crippen molar-refractivity contribution in [1.29, 1.82) is 0 Å². The summed E-state index contributed by atoms with van der Waals surface area (Å²) >= 11 is 0. The average molecular weight is 717 g/mol. The Morgan fingerprint density at radius 2 is 1.14 bits per heavy atom. The van der Waals surface area contributed by atoms with Crippen LogP contribution in [0, 0.1) is 0 Å². The second-order valence-electron chi connectivity index (χ2n) is 11.0. The average Bonchev–Trinajstić information content (AvgIpc) is 2.93. The van der Waals surface area contributed by atoms with E-state index < -0.39 is 17.9 Å². The molecule has 0 atom stereocenters. The number of unbranched alkanes of at least 4 members (excludes halogenated alkanes) is 13. The molecule has 0 aromatic carbocycles. The van der Waals surface area contributed by atoms with Crippen LogP contribution in [0.3, 0.4) is 0 Å². The molecular weight excluding hydrogens is 660 g/mol. The van der Waals surface area contributed by atoms with E-state index in [1.807, 2.05) is 32.0 Å². The molecule has 2 heterocycles. The molecular formula is C34H56Br2N2O4. The molecule has 240 valence electrons. The number of rotatable bonds is 20. The van der Waals surface area contributed by atoms with Gasteiger partial charge in [-0.25, -0.2) is 14.2 Å². The maximum atomic E-state index is 13.1. The zero-order chi connectivity index (χ0) is 29.2. The van der Waals surface area contributed by atoms with Crippen LogP contribution in [0.1, 0.15) is 136 Å². The highest BCUT2D eigenvalue weighted by Gasteiger charge is 2.42. The van der Waals surface area contributed by atoms with Gasteiger partial charge in [0.15, 0.2) is 11.9 Å². The van der Waals surface area contributed by atoms with Crippen LogP contribution in [-0.2, 0) is 25.6 Å². The van der Waals surface area contributed by atoms with Gasteiger partial charge in [-0.15, -0.1) is 17.0 Å². The lowest BCUT2D eigenvalue weighted by molar-refractivity contribution is -0.705. The second-order valence-corrected chi connectivity index (χ2v) is 11.0. The lowest BCUT2D eigenvalue weighted by atomic mass is 9.82. The van der Waals surface area contributed by atoms with Gasteiger partial charge in [-0.1, -0.05) is 90.0 Å². The van der Waals surface area contributed by atoms with E-state index in [-0.39, 0.29) is 47.2 Å². The monoisotopic (exact) mass is 714 g/mol. The number of hydrogen-bond donors (Lipinski definition) is 1. The molecule has 0 radical (unpaired) electrons. The Bertz CT molecular complexity index is 954. The molecule has 0 amide bonds. The first-order valence-corrected chi connectivity index (χ1v) is 16.0. The van der Waals surface area contributed by atoms with Crippen molar-refractivity contribution < 1.29 is 40.6 Å². The summed E-state index contributed by atoms with van der Waals surface area (Å²) in [6.07, 6.45) is 20.6. The molecule has 0 saturated carbocycles. The maximum absolute atomic E-state index is 13.1. The second kappa shape index (κ2) is 23.7. The van der Waals surface area contributed by atoms with Gasteiger partial charge >= 0.3 is 11.9 Å². The smallest absolute Gasteiger partial charge is 0.336 e. The van der Waals surface area contributed by atoms with Gasteiger partial charge in [-0.05, 0) is 34.1 Å². The minimum absolute atomic E-state index is 0. The first-order valence-electron chi connectivity index (χ1n) is 16.0. The Balaban J connectivity index is 0.00000840. The molecule has 1 aliphatic heterocycles. The summed E-state index contributed by atoms with van der Waals surface area (Å²) in [7, 11) is 0. The molecule has 2 rings (SSSR count). The normalized spacial score (nSPS) is 13.3. The van der Waals surface area contributed by atoms with Crippen molar-refractivity contribution in [1.82, 2.24) is 5.32 Å². The van der Waals surface area contributed by atoms with Gasteiger partial charge in [-0.2, -0.15) is 0 Å². The Morgan fingerprint density at radius 3 is 1.57 bits per heavy atom. The van der Waals surface area contributed by atoms with Crippen LogP contribution in [0.25, 0.3) is 0 Å². The fourth-order valence-corrected chi connectivity index (χ4v) is 5.68. The van der Waals surface area contributed by atoms with E-state index in [1.165, 1.54) is 83.5 Å². The highest BCUT2D eigenvalue weighted by atomic mass is 79.9. The van der Waals surface area contributed by atoms with E-state index in [0.29, 0.717) is 22.5 Å². The zero-order valence-corrected chi connectivity index (χ0v) is 30.1. The Labute approximate surface area is 276 Å². The lowest BCUT2D eigenvalue weighted by Crippen LogP contribution is -3.00. The molecule has 0 aliphatic carbocycles. The molecule has 6 nitrogen and oxygen atoms in total. The molecule has 1 aromatic rings. The van der Waals surface area contributed by atoms with Crippen molar-refractivity contribution in [3.05, 3.63) is 52.6 Å². The van der Waals surface area contributed by atoms with E-state index in [0.717, 1.165) is 18.7 Å². The number of halogens is 2. The summed E-state index contributed by atoms with van der Waals surface area (Å²) in [5.74, 6) is -1.36. The van der Waals surface area contributed by atoms with Crippen LogP contribution in [0.5, 0.6) is 0 Å². The minimum atomic E-state index is -0.549. The largest absolute Gasteiger partial charge is 1.00 e.